The number of hydrogen-bond donors (Lipinski definition) is 0. The first-order chi connectivity index (χ1) is 10.7. The Hall–Kier alpha value is -1.56. The first-order valence-corrected chi connectivity index (χ1v) is 8.89. The van der Waals surface area contributed by atoms with Crippen LogP contribution in [0.1, 0.15) is 62.8 Å². The summed E-state index contributed by atoms with van der Waals surface area (Å²) in [5.41, 5.74) is 5.87. The van der Waals surface area contributed by atoms with E-state index in [1.165, 1.54) is 47.9 Å². The maximum absolute atomic E-state index is 2.31. The van der Waals surface area contributed by atoms with Crippen LogP contribution in [0.2, 0.25) is 0 Å². The highest BCUT2D eigenvalue weighted by molar-refractivity contribution is 5.24. The average Bonchev–Trinajstić information content (AvgIpc) is 2.56. The molecular formula is C22H32. The van der Waals surface area contributed by atoms with Gasteiger partial charge in [-0.15, -0.1) is 0 Å². The van der Waals surface area contributed by atoms with Crippen molar-refractivity contribution in [3.8, 4) is 0 Å². The van der Waals surface area contributed by atoms with Crippen LogP contribution < -0.4 is 0 Å². The van der Waals surface area contributed by atoms with Crippen LogP contribution in [0.3, 0.4) is 0 Å². The van der Waals surface area contributed by atoms with Crippen molar-refractivity contribution in [1.29, 1.82) is 0 Å². The van der Waals surface area contributed by atoms with Gasteiger partial charge in [0.25, 0.3) is 0 Å². The lowest BCUT2D eigenvalue weighted by molar-refractivity contribution is 0.917. The Labute approximate surface area is 137 Å². The molecule has 0 unspecified atom stereocenters. The Balaban J connectivity index is 0.000000220. The van der Waals surface area contributed by atoms with Gasteiger partial charge in [0.15, 0.2) is 0 Å². The summed E-state index contributed by atoms with van der Waals surface area (Å²) in [5, 5.41) is 0. The molecule has 0 atom stereocenters. The summed E-state index contributed by atoms with van der Waals surface area (Å²) in [7, 11) is 0. The predicted octanol–water partition coefficient (Wildman–Crippen LogP) is 6.40. The van der Waals surface area contributed by atoms with E-state index in [4.69, 9.17) is 0 Å². The van der Waals surface area contributed by atoms with Crippen molar-refractivity contribution >= 4 is 0 Å². The quantitative estimate of drug-likeness (QED) is 0.578. The van der Waals surface area contributed by atoms with Crippen LogP contribution in [0, 0.1) is 0 Å². The molecule has 0 spiro atoms. The van der Waals surface area contributed by atoms with E-state index in [0.29, 0.717) is 0 Å². The minimum atomic E-state index is 1.15. The number of hydrogen-bond acceptors (Lipinski definition) is 0. The third-order valence-corrected chi connectivity index (χ3v) is 3.88. The number of benzene rings is 2. The Kier molecular flexibility index (Phi) is 9.30. The molecule has 22 heavy (non-hydrogen) atoms. The Bertz CT molecular complexity index is 476. The molecule has 0 saturated heterocycles. The van der Waals surface area contributed by atoms with Gasteiger partial charge in [0.1, 0.15) is 0 Å². The summed E-state index contributed by atoms with van der Waals surface area (Å²) in [5.74, 6) is 0. The molecule has 120 valence electrons. The predicted molar refractivity (Wildman–Crippen MR) is 99.6 cm³/mol. The third-order valence-electron chi connectivity index (χ3n) is 3.88. The van der Waals surface area contributed by atoms with E-state index in [2.05, 4.69) is 76.2 Å². The second kappa shape index (κ2) is 11.1. The van der Waals surface area contributed by atoms with E-state index in [-0.39, 0.29) is 0 Å². The first-order valence-electron chi connectivity index (χ1n) is 8.89. The minimum Gasteiger partial charge on any atom is -0.0651 e. The van der Waals surface area contributed by atoms with Gasteiger partial charge in [-0.25, -0.2) is 0 Å². The Morgan fingerprint density at radius 3 is 1.23 bits per heavy atom. The maximum Gasteiger partial charge on any atom is -0.0281 e. The lowest BCUT2D eigenvalue weighted by atomic mass is 10.1. The van der Waals surface area contributed by atoms with Crippen LogP contribution in [-0.2, 0) is 25.7 Å². The molecule has 2 aromatic carbocycles. The topological polar surface area (TPSA) is 0 Å². The highest BCUT2D eigenvalue weighted by Gasteiger charge is 1.92. The molecule has 0 heteroatoms. The van der Waals surface area contributed by atoms with Gasteiger partial charge < -0.3 is 0 Å². The van der Waals surface area contributed by atoms with Crippen molar-refractivity contribution < 1.29 is 0 Å². The van der Waals surface area contributed by atoms with Crippen LogP contribution in [0.15, 0.2) is 48.5 Å². The summed E-state index contributed by atoms with van der Waals surface area (Å²) in [4.78, 5) is 0. The van der Waals surface area contributed by atoms with Gasteiger partial charge in [0, 0.05) is 0 Å². The molecular weight excluding hydrogens is 264 g/mol. The van der Waals surface area contributed by atoms with Crippen molar-refractivity contribution in [2.45, 2.75) is 66.2 Å². The Morgan fingerprint density at radius 1 is 0.545 bits per heavy atom. The molecule has 0 N–H and O–H groups in total. The van der Waals surface area contributed by atoms with Crippen molar-refractivity contribution in [2.75, 3.05) is 0 Å². The monoisotopic (exact) mass is 296 g/mol. The summed E-state index contributed by atoms with van der Waals surface area (Å²) in [6, 6.07) is 17.7. The largest absolute Gasteiger partial charge is 0.0651 e. The van der Waals surface area contributed by atoms with Crippen LogP contribution in [0.5, 0.6) is 0 Å². The highest BCUT2D eigenvalue weighted by atomic mass is 14.0. The van der Waals surface area contributed by atoms with E-state index < -0.39 is 0 Å². The van der Waals surface area contributed by atoms with Gasteiger partial charge in [-0.2, -0.15) is 0 Å². The highest BCUT2D eigenvalue weighted by Crippen LogP contribution is 2.08. The Morgan fingerprint density at radius 2 is 0.909 bits per heavy atom. The number of aryl methyl sites for hydroxylation is 4. The van der Waals surface area contributed by atoms with Crippen molar-refractivity contribution in [3.63, 3.8) is 0 Å². The summed E-state index contributed by atoms with van der Waals surface area (Å²) in [6.07, 6.45) is 7.22. The second-order valence-electron chi connectivity index (χ2n) is 5.85. The molecule has 0 saturated carbocycles. The normalized spacial score (nSPS) is 10.0. The van der Waals surface area contributed by atoms with E-state index in [1.807, 2.05) is 0 Å². The second-order valence-corrected chi connectivity index (χ2v) is 5.85. The van der Waals surface area contributed by atoms with Gasteiger partial charge in [0.05, 0.1) is 0 Å². The van der Waals surface area contributed by atoms with Crippen LogP contribution in [-0.4, -0.2) is 0 Å². The van der Waals surface area contributed by atoms with Crippen molar-refractivity contribution in [2.24, 2.45) is 0 Å². The van der Waals surface area contributed by atoms with Gasteiger partial charge in [0.2, 0.25) is 0 Å². The molecule has 0 nitrogen and oxygen atoms in total. The van der Waals surface area contributed by atoms with Gasteiger partial charge in [-0.1, -0.05) is 89.1 Å². The number of rotatable bonds is 6. The van der Waals surface area contributed by atoms with Crippen molar-refractivity contribution in [3.05, 3.63) is 70.8 Å². The third kappa shape index (κ3) is 6.93. The molecule has 0 aliphatic heterocycles. The van der Waals surface area contributed by atoms with Gasteiger partial charge >= 0.3 is 0 Å². The summed E-state index contributed by atoms with van der Waals surface area (Å²) in [6.45, 7) is 8.84. The van der Waals surface area contributed by atoms with Gasteiger partial charge in [-0.3, -0.25) is 0 Å². The van der Waals surface area contributed by atoms with E-state index >= 15 is 0 Å². The first kappa shape index (κ1) is 18.5. The molecule has 0 radical (unpaired) electrons. The molecule has 0 heterocycles. The zero-order valence-corrected chi connectivity index (χ0v) is 14.9. The zero-order chi connectivity index (χ0) is 16.2. The molecule has 2 rings (SSSR count). The van der Waals surface area contributed by atoms with E-state index in [1.54, 1.807) is 0 Å². The maximum atomic E-state index is 2.31. The molecule has 0 aromatic heterocycles. The fourth-order valence-corrected chi connectivity index (χ4v) is 2.59. The summed E-state index contributed by atoms with van der Waals surface area (Å²) >= 11 is 0. The molecule has 0 aliphatic carbocycles. The fraction of sp³-hybridized carbons (Fsp3) is 0.455. The standard InChI is InChI=1S/2C11H16/c2*1-3-6-11-8-5-7-10(4-2)9-11/h2*5,7-9H,3-4,6H2,1-2H3. The molecule has 0 amide bonds. The van der Waals surface area contributed by atoms with Crippen LogP contribution >= 0.6 is 0 Å². The minimum absolute atomic E-state index is 1.15. The van der Waals surface area contributed by atoms with E-state index in [0.717, 1.165) is 12.8 Å². The SMILES string of the molecule is CCCc1cccc(CC)c1.CCCc1cccc(CC)c1. The molecule has 0 bridgehead atoms. The fourth-order valence-electron chi connectivity index (χ4n) is 2.59. The van der Waals surface area contributed by atoms with Crippen LogP contribution in [0.4, 0.5) is 0 Å². The van der Waals surface area contributed by atoms with Crippen LogP contribution in [0.25, 0.3) is 0 Å². The smallest absolute Gasteiger partial charge is 0.0281 e. The molecule has 0 fully saturated rings. The van der Waals surface area contributed by atoms with E-state index in [9.17, 15) is 0 Å². The average molecular weight is 296 g/mol. The lowest BCUT2D eigenvalue weighted by Crippen LogP contribution is -1.85. The van der Waals surface area contributed by atoms with Crippen molar-refractivity contribution in [1.82, 2.24) is 0 Å². The molecule has 0 aliphatic rings. The lowest BCUT2D eigenvalue weighted by Gasteiger charge is -2.00. The zero-order valence-electron chi connectivity index (χ0n) is 14.9. The summed E-state index contributed by atoms with van der Waals surface area (Å²) < 4.78 is 0. The molecule has 2 aromatic rings. The van der Waals surface area contributed by atoms with Gasteiger partial charge in [-0.05, 0) is 47.9 Å².